The average Bonchev–Trinajstić information content (AvgIpc) is 3.39. The van der Waals surface area contributed by atoms with Gasteiger partial charge in [-0.2, -0.15) is 0 Å². The predicted octanol–water partition coefficient (Wildman–Crippen LogP) is 4.89. The van der Waals surface area contributed by atoms with Crippen LogP contribution in [0, 0.1) is 18.8 Å². The minimum Gasteiger partial charge on any atom is -0.358 e. The van der Waals surface area contributed by atoms with Gasteiger partial charge in [0.2, 0.25) is 5.91 Å². The molecule has 1 saturated carbocycles. The Morgan fingerprint density at radius 3 is 2.84 bits per heavy atom. The number of aromatic nitrogens is 1. The highest BCUT2D eigenvalue weighted by atomic mass is 16.2. The van der Waals surface area contributed by atoms with Crippen molar-refractivity contribution in [2.24, 2.45) is 11.8 Å². The van der Waals surface area contributed by atoms with E-state index in [-0.39, 0.29) is 11.8 Å². The first kappa shape index (κ1) is 20.6. The number of rotatable bonds is 6. The Labute approximate surface area is 186 Å². The van der Waals surface area contributed by atoms with Crippen molar-refractivity contribution >= 4 is 22.4 Å². The van der Waals surface area contributed by atoms with Crippen LogP contribution in [0.1, 0.15) is 55.0 Å². The molecule has 1 fully saturated rings. The Balaban J connectivity index is 1.63. The maximum Gasteiger partial charge on any atom is 0.230 e. The van der Waals surface area contributed by atoms with Gasteiger partial charge in [-0.25, -0.2) is 0 Å². The topological polar surface area (TPSA) is 39.3 Å². The number of hydrogen-bond donors (Lipinski definition) is 1. The summed E-state index contributed by atoms with van der Waals surface area (Å²) in [6.45, 7) is 13.1. The number of benzene rings is 1. The predicted molar refractivity (Wildman–Crippen MR) is 128 cm³/mol. The van der Waals surface area contributed by atoms with E-state index in [0.717, 1.165) is 38.4 Å². The average molecular weight is 418 g/mol. The largest absolute Gasteiger partial charge is 0.358 e. The highest BCUT2D eigenvalue weighted by molar-refractivity contribution is 6.01. The van der Waals surface area contributed by atoms with Gasteiger partial charge in [-0.05, 0) is 60.3 Å². The van der Waals surface area contributed by atoms with Crippen molar-refractivity contribution in [2.45, 2.75) is 52.0 Å². The Morgan fingerprint density at radius 2 is 2.16 bits per heavy atom. The van der Waals surface area contributed by atoms with E-state index in [4.69, 9.17) is 0 Å². The second-order valence-electron chi connectivity index (χ2n) is 9.95. The maximum atomic E-state index is 13.2. The molecule has 1 aliphatic heterocycles. The lowest BCUT2D eigenvalue weighted by molar-refractivity contribution is -0.133. The van der Waals surface area contributed by atoms with Gasteiger partial charge in [-0.15, -0.1) is 6.58 Å². The van der Waals surface area contributed by atoms with Crippen LogP contribution >= 0.6 is 0 Å². The lowest BCUT2D eigenvalue weighted by atomic mass is 9.78. The summed E-state index contributed by atoms with van der Waals surface area (Å²) in [5, 5.41) is 1.41. The standard InChI is InChI=1S/C27H35N3O/c1-6-10-29(5)27(31)18-13-23-19-8-9-20(21-12-16(21)3)26-25(19)22(17(4)28-26)14-24(23)30(15-18)11-7-2/h7-9,13,16,18,21,24,28H,2,6,10-12,14-15H2,1,3-5H3/t16?,18-,21?,24-/m1/s1. The summed E-state index contributed by atoms with van der Waals surface area (Å²) in [7, 11) is 1.94. The summed E-state index contributed by atoms with van der Waals surface area (Å²) in [5.74, 6) is 1.61. The van der Waals surface area contributed by atoms with Crippen LogP contribution in [0.3, 0.4) is 0 Å². The van der Waals surface area contributed by atoms with Crippen molar-refractivity contribution in [1.29, 1.82) is 0 Å². The molecule has 0 saturated heterocycles. The second-order valence-corrected chi connectivity index (χ2v) is 9.95. The third-order valence-electron chi connectivity index (χ3n) is 7.75. The zero-order chi connectivity index (χ0) is 21.9. The molecule has 164 valence electrons. The molecule has 1 N–H and O–H groups in total. The number of fused-ring (bicyclic) bond motifs is 2. The summed E-state index contributed by atoms with van der Waals surface area (Å²) in [6, 6.07) is 5.00. The van der Waals surface area contributed by atoms with Crippen molar-refractivity contribution in [3.63, 3.8) is 0 Å². The quantitative estimate of drug-likeness (QED) is 0.680. The van der Waals surface area contributed by atoms with E-state index in [9.17, 15) is 4.79 Å². The van der Waals surface area contributed by atoms with Crippen LogP contribution in [0.4, 0.5) is 0 Å². The van der Waals surface area contributed by atoms with Crippen molar-refractivity contribution in [3.8, 4) is 0 Å². The highest BCUT2D eigenvalue weighted by Gasteiger charge is 2.40. The summed E-state index contributed by atoms with van der Waals surface area (Å²) < 4.78 is 0. The number of nitrogens with zero attached hydrogens (tertiary/aromatic N) is 2. The van der Waals surface area contributed by atoms with Gasteiger partial charge in [0, 0.05) is 43.8 Å². The number of aryl methyl sites for hydroxylation is 1. The molecule has 5 rings (SSSR count). The first-order valence-corrected chi connectivity index (χ1v) is 11.9. The minimum atomic E-state index is -0.0949. The second kappa shape index (κ2) is 7.67. The van der Waals surface area contributed by atoms with Gasteiger partial charge in [0.15, 0.2) is 0 Å². The first-order chi connectivity index (χ1) is 14.9. The van der Waals surface area contributed by atoms with Crippen molar-refractivity contribution in [1.82, 2.24) is 14.8 Å². The Kier molecular flexibility index (Phi) is 5.09. The van der Waals surface area contributed by atoms with E-state index in [1.165, 1.54) is 45.3 Å². The number of nitrogens with one attached hydrogen (secondary N) is 1. The van der Waals surface area contributed by atoms with Gasteiger partial charge >= 0.3 is 0 Å². The number of hydrogen-bond acceptors (Lipinski definition) is 2. The fourth-order valence-corrected chi connectivity index (χ4v) is 5.98. The molecule has 2 heterocycles. The zero-order valence-corrected chi connectivity index (χ0v) is 19.4. The Morgan fingerprint density at radius 1 is 1.39 bits per heavy atom. The molecule has 1 amide bonds. The molecule has 2 unspecified atom stereocenters. The third kappa shape index (κ3) is 3.27. The maximum absolute atomic E-state index is 13.2. The zero-order valence-electron chi connectivity index (χ0n) is 19.4. The highest BCUT2D eigenvalue weighted by Crippen LogP contribution is 2.51. The molecular formula is C27H35N3O. The molecule has 0 radical (unpaired) electrons. The Bertz CT molecular complexity index is 1080. The molecule has 0 spiro atoms. The van der Waals surface area contributed by atoms with Gasteiger partial charge in [0.05, 0.1) is 11.4 Å². The van der Waals surface area contributed by atoms with Crippen molar-refractivity contribution in [3.05, 3.63) is 53.2 Å². The van der Waals surface area contributed by atoms with Gasteiger partial charge in [0.1, 0.15) is 0 Å². The normalized spacial score (nSPS) is 27.0. The van der Waals surface area contributed by atoms with Crippen LogP contribution in [0.5, 0.6) is 0 Å². The van der Waals surface area contributed by atoms with Crippen molar-refractivity contribution in [2.75, 3.05) is 26.7 Å². The van der Waals surface area contributed by atoms with E-state index in [0.29, 0.717) is 12.0 Å². The number of aromatic amines is 1. The van der Waals surface area contributed by atoms with Gasteiger partial charge in [0.25, 0.3) is 0 Å². The number of carbonyl (C=O) groups excluding carboxylic acids is 1. The first-order valence-electron chi connectivity index (χ1n) is 11.9. The van der Waals surface area contributed by atoms with E-state index < -0.39 is 0 Å². The lowest BCUT2D eigenvalue weighted by Gasteiger charge is -2.42. The SMILES string of the molecule is C=CCN1C[C@H](C(=O)N(C)CCC)C=C2c3ccc(C4CC4C)c4[nH]c(C)c(c34)C[C@H]21. The Hall–Kier alpha value is -2.33. The summed E-state index contributed by atoms with van der Waals surface area (Å²) >= 11 is 0. The number of carbonyl (C=O) groups is 1. The minimum absolute atomic E-state index is 0.0949. The lowest BCUT2D eigenvalue weighted by Crippen LogP contribution is -2.49. The van der Waals surface area contributed by atoms with Gasteiger partial charge in [-0.1, -0.05) is 38.1 Å². The van der Waals surface area contributed by atoms with Crippen LogP contribution in [-0.4, -0.2) is 53.4 Å². The van der Waals surface area contributed by atoms with Crippen LogP contribution in [0.25, 0.3) is 16.5 Å². The van der Waals surface area contributed by atoms with Crippen LogP contribution in [0.2, 0.25) is 0 Å². The van der Waals surface area contributed by atoms with E-state index in [2.05, 4.69) is 55.4 Å². The molecule has 2 aromatic rings. The number of amides is 1. The summed E-state index contributed by atoms with van der Waals surface area (Å²) in [5.41, 5.74) is 8.24. The summed E-state index contributed by atoms with van der Waals surface area (Å²) in [4.78, 5) is 21.3. The van der Waals surface area contributed by atoms with Crippen LogP contribution in [-0.2, 0) is 11.2 Å². The molecule has 2 aliphatic carbocycles. The molecule has 0 bridgehead atoms. The molecule has 1 aromatic heterocycles. The van der Waals surface area contributed by atoms with Crippen molar-refractivity contribution < 1.29 is 4.79 Å². The molecule has 4 atom stereocenters. The van der Waals surface area contributed by atoms with Gasteiger partial charge in [-0.3, -0.25) is 9.69 Å². The van der Waals surface area contributed by atoms with Gasteiger partial charge < -0.3 is 9.88 Å². The fourth-order valence-electron chi connectivity index (χ4n) is 5.98. The molecule has 31 heavy (non-hydrogen) atoms. The van der Waals surface area contributed by atoms with Crippen LogP contribution < -0.4 is 0 Å². The van der Waals surface area contributed by atoms with Crippen LogP contribution in [0.15, 0.2) is 30.9 Å². The third-order valence-corrected chi connectivity index (χ3v) is 7.75. The fraction of sp³-hybridized carbons (Fsp3) is 0.519. The molecule has 4 nitrogen and oxygen atoms in total. The van der Waals surface area contributed by atoms with E-state index in [1.54, 1.807) is 0 Å². The monoisotopic (exact) mass is 417 g/mol. The molecule has 3 aliphatic rings. The molecule has 4 heteroatoms. The smallest absolute Gasteiger partial charge is 0.230 e. The molecular weight excluding hydrogens is 382 g/mol. The van der Waals surface area contributed by atoms with E-state index >= 15 is 0 Å². The molecule has 1 aromatic carbocycles. The number of H-pyrrole nitrogens is 1. The summed E-state index contributed by atoms with van der Waals surface area (Å²) in [6.07, 6.45) is 7.55. The van der Waals surface area contributed by atoms with E-state index in [1.807, 2.05) is 18.0 Å².